The largest absolute Gasteiger partial charge is 0.507 e. The quantitative estimate of drug-likeness (QED) is 0.570. The normalized spacial score (nSPS) is 19.5. The minimum absolute atomic E-state index is 0.0881. The van der Waals surface area contributed by atoms with E-state index in [9.17, 15) is 9.90 Å². The summed E-state index contributed by atoms with van der Waals surface area (Å²) < 4.78 is 5.55. The molecule has 1 saturated heterocycles. The fourth-order valence-electron chi connectivity index (χ4n) is 3.87. The van der Waals surface area contributed by atoms with E-state index in [-0.39, 0.29) is 30.4 Å². The van der Waals surface area contributed by atoms with Crippen molar-refractivity contribution in [3.63, 3.8) is 0 Å². The number of anilines is 2. The molecule has 2 aromatic rings. The Balaban J connectivity index is 0.000000913. The number of phenolic OH excluding ortho intramolecular Hbond substituents is 1. The Kier molecular flexibility index (Phi) is 6.71. The zero-order chi connectivity index (χ0) is 23.5. The van der Waals surface area contributed by atoms with Gasteiger partial charge in [0.1, 0.15) is 11.4 Å². The third-order valence-corrected chi connectivity index (χ3v) is 5.28. The van der Waals surface area contributed by atoms with E-state index in [1.165, 1.54) is 0 Å². The van der Waals surface area contributed by atoms with Gasteiger partial charge in [-0.15, -0.1) is 10.2 Å². The van der Waals surface area contributed by atoms with Gasteiger partial charge in [0.25, 0.3) is 6.47 Å². The number of hydrogen-bond donors (Lipinski definition) is 3. The predicted molar refractivity (Wildman–Crippen MR) is 120 cm³/mol. The van der Waals surface area contributed by atoms with Crippen LogP contribution in [-0.2, 0) is 9.53 Å². The molecule has 3 heterocycles. The van der Waals surface area contributed by atoms with Crippen molar-refractivity contribution in [2.75, 3.05) is 29.9 Å². The summed E-state index contributed by atoms with van der Waals surface area (Å²) in [6.45, 7) is 9.28. The highest BCUT2D eigenvalue weighted by Gasteiger charge is 2.39. The standard InChI is InChI=1S/C21H27N5O3.CH2O2/c1-13-17-12-25(20(28)29-21(2,3)4)9-10-26(17)16-11-15(23-24-19(16)22-13)14-7-5-6-8-18(14)27;2-1-3/h5-8,11,13,17,27H,9-10,12H2,1-4H3,(H,22,24);1H,(H,2,3)/t13-,17-;/m0./s1. The van der Waals surface area contributed by atoms with Crippen molar-refractivity contribution in [2.24, 2.45) is 0 Å². The highest BCUT2D eigenvalue weighted by atomic mass is 16.6. The fraction of sp³-hybridized carbons (Fsp3) is 0.455. The number of ether oxygens (including phenoxy) is 1. The van der Waals surface area contributed by atoms with Crippen molar-refractivity contribution in [1.29, 1.82) is 0 Å². The number of aromatic nitrogens is 2. The van der Waals surface area contributed by atoms with Crippen LogP contribution < -0.4 is 10.2 Å². The molecule has 10 heteroatoms. The number of para-hydroxylation sites is 1. The molecule has 2 aliphatic heterocycles. The zero-order valence-corrected chi connectivity index (χ0v) is 18.6. The minimum Gasteiger partial charge on any atom is -0.507 e. The number of aromatic hydroxyl groups is 1. The summed E-state index contributed by atoms with van der Waals surface area (Å²) in [5.41, 5.74) is 1.68. The summed E-state index contributed by atoms with van der Waals surface area (Å²) in [5.74, 6) is 0.892. The molecule has 1 fully saturated rings. The van der Waals surface area contributed by atoms with Gasteiger partial charge in [-0.25, -0.2) is 4.79 Å². The van der Waals surface area contributed by atoms with Crippen molar-refractivity contribution in [1.82, 2.24) is 15.1 Å². The topological polar surface area (TPSA) is 128 Å². The van der Waals surface area contributed by atoms with Crippen LogP contribution in [0.4, 0.5) is 16.3 Å². The summed E-state index contributed by atoms with van der Waals surface area (Å²) in [4.78, 5) is 24.9. The van der Waals surface area contributed by atoms with Crippen LogP contribution in [-0.4, -0.2) is 75.2 Å². The molecule has 3 N–H and O–H groups in total. The number of rotatable bonds is 1. The van der Waals surface area contributed by atoms with Gasteiger partial charge in [0.05, 0.1) is 17.4 Å². The molecule has 0 bridgehead atoms. The van der Waals surface area contributed by atoms with Crippen LogP contribution in [0.5, 0.6) is 5.75 Å². The second-order valence-electron chi connectivity index (χ2n) is 8.71. The number of hydrogen-bond acceptors (Lipinski definition) is 8. The Bertz CT molecular complexity index is 977. The van der Waals surface area contributed by atoms with Crippen LogP contribution in [0.3, 0.4) is 0 Å². The lowest BCUT2D eigenvalue weighted by Gasteiger charge is -2.48. The Morgan fingerprint density at radius 1 is 1.25 bits per heavy atom. The van der Waals surface area contributed by atoms with E-state index in [4.69, 9.17) is 14.6 Å². The first-order valence-electron chi connectivity index (χ1n) is 10.4. The van der Waals surface area contributed by atoms with E-state index in [2.05, 4.69) is 27.3 Å². The van der Waals surface area contributed by atoms with Crippen molar-refractivity contribution in [2.45, 2.75) is 45.4 Å². The first kappa shape index (κ1) is 23.1. The van der Waals surface area contributed by atoms with Crippen molar-refractivity contribution in [3.8, 4) is 17.0 Å². The minimum atomic E-state index is -0.514. The van der Waals surface area contributed by atoms with Crippen molar-refractivity contribution >= 4 is 24.1 Å². The molecule has 1 amide bonds. The number of nitrogens with one attached hydrogen (secondary N) is 1. The second-order valence-corrected chi connectivity index (χ2v) is 8.71. The van der Waals surface area contributed by atoms with Gasteiger partial charge in [-0.05, 0) is 45.9 Å². The molecule has 10 nitrogen and oxygen atoms in total. The number of benzene rings is 1. The third-order valence-electron chi connectivity index (χ3n) is 5.28. The third kappa shape index (κ3) is 5.01. The van der Waals surface area contributed by atoms with Gasteiger partial charge in [0, 0.05) is 31.2 Å². The molecular formula is C22H29N5O5. The summed E-state index contributed by atoms with van der Waals surface area (Å²) in [7, 11) is 0. The highest BCUT2D eigenvalue weighted by molar-refractivity contribution is 5.77. The van der Waals surface area contributed by atoms with E-state index in [1.807, 2.05) is 39.0 Å². The molecule has 0 spiro atoms. The summed E-state index contributed by atoms with van der Waals surface area (Å²) in [6, 6.07) is 9.23. The lowest BCUT2D eigenvalue weighted by Crippen LogP contribution is -2.62. The van der Waals surface area contributed by atoms with E-state index < -0.39 is 5.60 Å². The van der Waals surface area contributed by atoms with Gasteiger partial charge >= 0.3 is 6.09 Å². The summed E-state index contributed by atoms with van der Waals surface area (Å²) in [6.07, 6.45) is -0.280. The van der Waals surface area contributed by atoms with Gasteiger partial charge in [-0.1, -0.05) is 12.1 Å². The lowest BCUT2D eigenvalue weighted by molar-refractivity contribution is -0.122. The smallest absolute Gasteiger partial charge is 0.410 e. The molecule has 32 heavy (non-hydrogen) atoms. The van der Waals surface area contributed by atoms with Gasteiger partial charge in [0.15, 0.2) is 5.82 Å². The number of piperazine rings is 1. The average Bonchev–Trinajstić information content (AvgIpc) is 2.73. The van der Waals surface area contributed by atoms with Crippen LogP contribution >= 0.6 is 0 Å². The molecule has 0 aliphatic carbocycles. The van der Waals surface area contributed by atoms with Gasteiger partial charge in [0.2, 0.25) is 0 Å². The first-order valence-corrected chi connectivity index (χ1v) is 10.4. The van der Waals surface area contributed by atoms with E-state index in [1.54, 1.807) is 17.0 Å². The van der Waals surface area contributed by atoms with Gasteiger partial charge in [-0.3, -0.25) is 4.79 Å². The van der Waals surface area contributed by atoms with E-state index in [0.29, 0.717) is 30.9 Å². The second kappa shape index (κ2) is 9.29. The maximum atomic E-state index is 12.5. The maximum Gasteiger partial charge on any atom is 0.410 e. The Morgan fingerprint density at radius 3 is 2.59 bits per heavy atom. The predicted octanol–water partition coefficient (Wildman–Crippen LogP) is 2.79. The van der Waals surface area contributed by atoms with Crippen molar-refractivity contribution < 1.29 is 24.5 Å². The highest BCUT2D eigenvalue weighted by Crippen LogP contribution is 2.37. The summed E-state index contributed by atoms with van der Waals surface area (Å²) in [5, 5.41) is 29.1. The van der Waals surface area contributed by atoms with Crippen LogP contribution in [0, 0.1) is 0 Å². The first-order chi connectivity index (χ1) is 15.1. The number of amides is 1. The van der Waals surface area contributed by atoms with Crippen LogP contribution in [0.2, 0.25) is 0 Å². The van der Waals surface area contributed by atoms with Crippen molar-refractivity contribution in [3.05, 3.63) is 30.3 Å². The van der Waals surface area contributed by atoms with Crippen LogP contribution in [0.25, 0.3) is 11.3 Å². The molecule has 172 valence electrons. The van der Waals surface area contributed by atoms with Crippen LogP contribution in [0.15, 0.2) is 30.3 Å². The molecule has 0 radical (unpaired) electrons. The number of carbonyl (C=O) groups is 2. The molecule has 0 unspecified atom stereocenters. The Hall–Kier alpha value is -3.56. The van der Waals surface area contributed by atoms with Gasteiger partial charge in [-0.2, -0.15) is 0 Å². The van der Waals surface area contributed by atoms with E-state index in [0.717, 1.165) is 11.5 Å². The zero-order valence-electron chi connectivity index (χ0n) is 18.6. The molecule has 1 aromatic carbocycles. The molecule has 0 saturated carbocycles. The Labute approximate surface area is 186 Å². The molecule has 1 aromatic heterocycles. The Morgan fingerprint density at radius 2 is 1.94 bits per heavy atom. The molecular weight excluding hydrogens is 414 g/mol. The van der Waals surface area contributed by atoms with E-state index >= 15 is 0 Å². The number of carbonyl (C=O) groups excluding carboxylic acids is 1. The number of carboxylic acid groups (broad SMARTS) is 1. The number of phenols is 1. The maximum absolute atomic E-state index is 12.5. The molecule has 2 atom stereocenters. The molecule has 4 rings (SSSR count). The molecule has 2 aliphatic rings. The SMILES string of the molecule is C[C@@H]1Nc2nnc(-c3ccccc3O)cc2N2CCN(C(=O)OC(C)(C)C)C[C@@H]12.O=CO. The fourth-order valence-corrected chi connectivity index (χ4v) is 3.87. The average molecular weight is 444 g/mol. The summed E-state index contributed by atoms with van der Waals surface area (Å²) >= 11 is 0. The monoisotopic (exact) mass is 443 g/mol. The van der Waals surface area contributed by atoms with Gasteiger partial charge < -0.3 is 30.1 Å². The van der Waals surface area contributed by atoms with Crippen LogP contribution in [0.1, 0.15) is 27.7 Å². The number of nitrogens with zero attached hydrogens (tertiary/aromatic N) is 4. The lowest BCUT2D eigenvalue weighted by atomic mass is 10.00. The number of fused-ring (bicyclic) bond motifs is 3.